The predicted molar refractivity (Wildman–Crippen MR) is 29.4 cm³/mol. The molecule has 0 aliphatic carbocycles. The SMILES string of the molecule is CCNCCN[NH3+]. The van der Waals surface area contributed by atoms with E-state index in [4.69, 9.17) is 0 Å². The molecule has 0 spiro atoms. The van der Waals surface area contributed by atoms with Gasteiger partial charge in [0.15, 0.2) is 0 Å². The number of rotatable bonds is 4. The summed E-state index contributed by atoms with van der Waals surface area (Å²) in [5.41, 5.74) is 2.79. The molecule has 3 heteroatoms. The second kappa shape index (κ2) is 5.88. The number of hydrogen-bond acceptors (Lipinski definition) is 2. The highest BCUT2D eigenvalue weighted by molar-refractivity contribution is 4.39. The molecule has 0 aromatic rings. The van der Waals surface area contributed by atoms with Crippen molar-refractivity contribution in [3.05, 3.63) is 0 Å². The van der Waals surface area contributed by atoms with Crippen LogP contribution in [0.4, 0.5) is 0 Å². The maximum Gasteiger partial charge on any atom is 0.0568 e. The smallest absolute Gasteiger partial charge is 0.0568 e. The van der Waals surface area contributed by atoms with Gasteiger partial charge < -0.3 is 5.32 Å². The van der Waals surface area contributed by atoms with Gasteiger partial charge >= 0.3 is 0 Å². The van der Waals surface area contributed by atoms with E-state index in [1.807, 2.05) is 0 Å². The molecule has 0 aromatic heterocycles. The highest BCUT2D eigenvalue weighted by Gasteiger charge is 1.77. The largest absolute Gasteiger partial charge is 0.316 e. The van der Waals surface area contributed by atoms with Crippen molar-refractivity contribution < 1.29 is 5.84 Å². The van der Waals surface area contributed by atoms with Crippen LogP contribution >= 0.6 is 0 Å². The van der Waals surface area contributed by atoms with Crippen LogP contribution in [0.1, 0.15) is 6.92 Å². The number of quaternary nitrogens is 1. The quantitative estimate of drug-likeness (QED) is 0.295. The second-order valence-electron chi connectivity index (χ2n) is 1.35. The maximum atomic E-state index is 3.47. The molecule has 0 aliphatic rings. The van der Waals surface area contributed by atoms with Gasteiger partial charge in [-0.05, 0) is 6.54 Å². The van der Waals surface area contributed by atoms with Gasteiger partial charge in [-0.15, -0.1) is 0 Å². The Morgan fingerprint density at radius 3 is 2.57 bits per heavy atom. The van der Waals surface area contributed by atoms with Gasteiger partial charge in [-0.25, -0.2) is 0 Å². The van der Waals surface area contributed by atoms with E-state index in [0.29, 0.717) is 0 Å². The lowest BCUT2D eigenvalue weighted by molar-refractivity contribution is -0.442. The van der Waals surface area contributed by atoms with Crippen molar-refractivity contribution in [3.63, 3.8) is 0 Å². The Labute approximate surface area is 44.2 Å². The topological polar surface area (TPSA) is 51.7 Å². The van der Waals surface area contributed by atoms with Crippen molar-refractivity contribution in [2.24, 2.45) is 0 Å². The van der Waals surface area contributed by atoms with Crippen LogP contribution in [0.2, 0.25) is 0 Å². The van der Waals surface area contributed by atoms with Gasteiger partial charge in [-0.3, -0.25) is 5.84 Å². The molecule has 7 heavy (non-hydrogen) atoms. The van der Waals surface area contributed by atoms with Crippen LogP contribution in [0.25, 0.3) is 0 Å². The van der Waals surface area contributed by atoms with E-state index in [1.54, 1.807) is 0 Å². The molecule has 0 aromatic carbocycles. The van der Waals surface area contributed by atoms with E-state index < -0.39 is 0 Å². The minimum absolute atomic E-state index is 0.952. The molecule has 0 unspecified atom stereocenters. The molecule has 3 nitrogen and oxygen atoms in total. The first-order valence-electron chi connectivity index (χ1n) is 2.62. The molecule has 0 aliphatic heterocycles. The van der Waals surface area contributed by atoms with E-state index in [9.17, 15) is 0 Å². The lowest BCUT2D eigenvalue weighted by atomic mass is 10.6. The lowest BCUT2D eigenvalue weighted by Crippen LogP contribution is -2.66. The standard InChI is InChI=1S/C4H13N3/c1-2-6-3-4-7-5/h6-7H,2-5H2,1H3/p+1. The first-order valence-corrected chi connectivity index (χ1v) is 2.62. The molecule has 0 rings (SSSR count). The zero-order valence-corrected chi connectivity index (χ0v) is 4.83. The van der Waals surface area contributed by atoms with E-state index >= 15 is 0 Å². The van der Waals surface area contributed by atoms with E-state index in [0.717, 1.165) is 19.6 Å². The third-order valence-electron chi connectivity index (χ3n) is 0.729. The fraction of sp³-hybridized carbons (Fsp3) is 1.00. The summed E-state index contributed by atoms with van der Waals surface area (Å²) in [5, 5.41) is 3.15. The lowest BCUT2D eigenvalue weighted by Gasteiger charge is -1.94. The summed E-state index contributed by atoms with van der Waals surface area (Å²) in [7, 11) is 0. The number of hydrogen-bond donors (Lipinski definition) is 3. The van der Waals surface area contributed by atoms with Crippen LogP contribution < -0.4 is 16.6 Å². The molecule has 0 radical (unpaired) electrons. The Hall–Kier alpha value is -0.120. The van der Waals surface area contributed by atoms with Crippen molar-refractivity contribution in [1.29, 1.82) is 0 Å². The summed E-state index contributed by atoms with van der Waals surface area (Å²) in [6.07, 6.45) is 0. The summed E-state index contributed by atoms with van der Waals surface area (Å²) >= 11 is 0. The number of nitrogens with one attached hydrogen (secondary N) is 2. The first kappa shape index (κ1) is 6.88. The average Bonchev–Trinajstić information content (AvgIpc) is 1.69. The van der Waals surface area contributed by atoms with Gasteiger partial charge in [0, 0.05) is 6.54 Å². The molecular weight excluding hydrogens is 90.1 g/mol. The monoisotopic (exact) mass is 104 g/mol. The first-order chi connectivity index (χ1) is 3.41. The summed E-state index contributed by atoms with van der Waals surface area (Å²) in [6.45, 7) is 5.10. The summed E-state index contributed by atoms with van der Waals surface area (Å²) in [4.78, 5) is 0. The van der Waals surface area contributed by atoms with Crippen LogP contribution in [0.15, 0.2) is 0 Å². The van der Waals surface area contributed by atoms with Crippen LogP contribution in [0, 0.1) is 0 Å². The van der Waals surface area contributed by atoms with Crippen LogP contribution in [-0.4, -0.2) is 19.6 Å². The molecule has 0 atom stereocenters. The predicted octanol–water partition coefficient (Wildman–Crippen LogP) is -1.66. The highest BCUT2D eigenvalue weighted by Crippen LogP contribution is 1.50. The molecule has 44 valence electrons. The fourth-order valence-corrected chi connectivity index (χ4v) is 0.354. The Morgan fingerprint density at radius 2 is 2.14 bits per heavy atom. The number of likely N-dealkylation sites (N-methyl/N-ethyl adjacent to an activating group) is 1. The highest BCUT2D eigenvalue weighted by atomic mass is 15.2. The van der Waals surface area contributed by atoms with E-state index in [-0.39, 0.29) is 0 Å². The third-order valence-corrected chi connectivity index (χ3v) is 0.729. The van der Waals surface area contributed by atoms with Crippen LogP contribution in [0.3, 0.4) is 0 Å². The molecule has 0 saturated carbocycles. The van der Waals surface area contributed by atoms with Gasteiger partial charge in [-0.2, -0.15) is 5.43 Å². The maximum absolute atomic E-state index is 3.47. The normalized spacial score (nSPS) is 9.43. The van der Waals surface area contributed by atoms with Crippen molar-refractivity contribution in [2.75, 3.05) is 19.6 Å². The fourth-order valence-electron chi connectivity index (χ4n) is 0.354. The zero-order chi connectivity index (χ0) is 5.54. The summed E-state index contributed by atoms with van der Waals surface area (Å²) in [6, 6.07) is 0. The van der Waals surface area contributed by atoms with Crippen molar-refractivity contribution >= 4 is 0 Å². The van der Waals surface area contributed by atoms with Gasteiger partial charge in [0.1, 0.15) is 0 Å². The molecule has 0 heterocycles. The van der Waals surface area contributed by atoms with Crippen molar-refractivity contribution in [1.82, 2.24) is 10.7 Å². The average molecular weight is 104 g/mol. The molecule has 0 fully saturated rings. The minimum Gasteiger partial charge on any atom is -0.316 e. The van der Waals surface area contributed by atoms with Gasteiger partial charge in [-0.1, -0.05) is 6.92 Å². The Morgan fingerprint density at radius 1 is 1.43 bits per heavy atom. The Bertz CT molecular complexity index is 26.1. The molecular formula is C4H14N3+. The van der Waals surface area contributed by atoms with Crippen LogP contribution in [-0.2, 0) is 0 Å². The van der Waals surface area contributed by atoms with Gasteiger partial charge in [0.2, 0.25) is 0 Å². The second-order valence-corrected chi connectivity index (χ2v) is 1.35. The van der Waals surface area contributed by atoms with Gasteiger partial charge in [0.25, 0.3) is 0 Å². The summed E-state index contributed by atoms with van der Waals surface area (Å²) < 4.78 is 0. The van der Waals surface area contributed by atoms with Crippen molar-refractivity contribution in [3.8, 4) is 0 Å². The third kappa shape index (κ3) is 5.88. The molecule has 0 saturated heterocycles. The van der Waals surface area contributed by atoms with Crippen LogP contribution in [0.5, 0.6) is 0 Å². The van der Waals surface area contributed by atoms with Gasteiger partial charge in [0.05, 0.1) is 6.54 Å². The summed E-state index contributed by atoms with van der Waals surface area (Å²) in [5.74, 6) is 3.47. The Kier molecular flexibility index (Phi) is 5.78. The minimum atomic E-state index is 0.952. The zero-order valence-electron chi connectivity index (χ0n) is 4.83. The molecule has 5 N–H and O–H groups in total. The van der Waals surface area contributed by atoms with E-state index in [1.165, 1.54) is 0 Å². The molecule has 0 bridgehead atoms. The Balaban J connectivity index is 2.45. The van der Waals surface area contributed by atoms with Crippen molar-refractivity contribution in [2.45, 2.75) is 6.92 Å². The molecule has 0 amide bonds. The van der Waals surface area contributed by atoms with E-state index in [2.05, 4.69) is 23.5 Å².